The van der Waals surface area contributed by atoms with E-state index in [1.54, 1.807) is 4.90 Å². The molecule has 1 saturated heterocycles. The summed E-state index contributed by atoms with van der Waals surface area (Å²) in [4.78, 5) is 26.3. The molecule has 0 saturated carbocycles. The number of benzene rings is 1. The second-order valence-electron chi connectivity index (χ2n) is 7.51. The minimum Gasteiger partial charge on any atom is -0.467 e. The van der Waals surface area contributed by atoms with Crippen LogP contribution in [0.4, 0.5) is 4.79 Å². The fourth-order valence-corrected chi connectivity index (χ4v) is 3.02. The van der Waals surface area contributed by atoms with Gasteiger partial charge in [-0.1, -0.05) is 30.3 Å². The highest BCUT2D eigenvalue weighted by Crippen LogP contribution is 2.25. The molecule has 1 unspecified atom stereocenters. The number of likely N-dealkylation sites (tertiary alicyclic amines) is 1. The Balaban J connectivity index is 1.99. The molecule has 0 radical (unpaired) electrons. The number of ether oxygens (including phenoxy) is 3. The summed E-state index contributed by atoms with van der Waals surface area (Å²) in [7, 11) is 1.35. The molecule has 2 atom stereocenters. The van der Waals surface area contributed by atoms with Gasteiger partial charge in [0, 0.05) is 19.0 Å². The van der Waals surface area contributed by atoms with E-state index < -0.39 is 17.7 Å². The minimum atomic E-state index is -0.715. The lowest BCUT2D eigenvalue weighted by molar-refractivity contribution is -0.156. The van der Waals surface area contributed by atoms with Crippen molar-refractivity contribution in [3.8, 4) is 0 Å². The Bertz CT molecular complexity index is 596. The molecule has 0 spiro atoms. The van der Waals surface area contributed by atoms with E-state index in [4.69, 9.17) is 14.2 Å². The number of methoxy groups -OCH3 is 1. The van der Waals surface area contributed by atoms with E-state index in [1.807, 2.05) is 51.1 Å². The second kappa shape index (κ2) is 9.03. The maximum atomic E-state index is 12.4. The zero-order valence-electron chi connectivity index (χ0n) is 16.1. The van der Waals surface area contributed by atoms with E-state index in [0.29, 0.717) is 19.6 Å². The number of hydrogen-bond donors (Lipinski definition) is 0. The van der Waals surface area contributed by atoms with Crippen LogP contribution in [0.25, 0.3) is 0 Å². The van der Waals surface area contributed by atoms with Crippen molar-refractivity contribution in [2.45, 2.75) is 64.4 Å². The first-order valence-electron chi connectivity index (χ1n) is 9.03. The first kappa shape index (κ1) is 20.2. The summed E-state index contributed by atoms with van der Waals surface area (Å²) < 4.78 is 16.2. The third-order valence-electron chi connectivity index (χ3n) is 4.25. The van der Waals surface area contributed by atoms with Gasteiger partial charge in [0.15, 0.2) is 6.10 Å². The van der Waals surface area contributed by atoms with Gasteiger partial charge in [-0.15, -0.1) is 0 Å². The predicted molar refractivity (Wildman–Crippen MR) is 97.6 cm³/mol. The first-order chi connectivity index (χ1) is 12.3. The van der Waals surface area contributed by atoms with Gasteiger partial charge in [0.2, 0.25) is 0 Å². The number of hydrogen-bond acceptors (Lipinski definition) is 5. The lowest BCUT2D eigenvalue weighted by atomic mass is 10.1. The number of rotatable bonds is 6. The molecule has 0 N–H and O–H groups in total. The summed E-state index contributed by atoms with van der Waals surface area (Å²) in [6, 6.07) is 9.57. The average molecular weight is 363 g/mol. The summed E-state index contributed by atoms with van der Waals surface area (Å²) in [5.74, 6) is -0.419. The monoisotopic (exact) mass is 363 g/mol. The maximum absolute atomic E-state index is 12.4. The fourth-order valence-electron chi connectivity index (χ4n) is 3.02. The van der Waals surface area contributed by atoms with E-state index in [1.165, 1.54) is 7.11 Å². The third-order valence-corrected chi connectivity index (χ3v) is 4.25. The van der Waals surface area contributed by atoms with E-state index in [2.05, 4.69) is 0 Å². The molecule has 1 aliphatic rings. The van der Waals surface area contributed by atoms with Crippen LogP contribution in [0.5, 0.6) is 0 Å². The van der Waals surface area contributed by atoms with E-state index in [9.17, 15) is 9.59 Å². The molecule has 0 bridgehead atoms. The van der Waals surface area contributed by atoms with Crippen LogP contribution in [-0.2, 0) is 25.6 Å². The highest BCUT2D eigenvalue weighted by atomic mass is 16.6. The van der Waals surface area contributed by atoms with Crippen molar-refractivity contribution in [1.29, 1.82) is 0 Å². The molecule has 1 amide bonds. The molecule has 6 heteroatoms. The van der Waals surface area contributed by atoms with E-state index in [0.717, 1.165) is 18.4 Å². The summed E-state index contributed by atoms with van der Waals surface area (Å²) in [5, 5.41) is 0. The minimum absolute atomic E-state index is 0.0928. The lowest BCUT2D eigenvalue weighted by Gasteiger charge is -2.30. The smallest absolute Gasteiger partial charge is 0.410 e. The van der Waals surface area contributed by atoms with Gasteiger partial charge in [0.05, 0.1) is 13.7 Å². The molecule has 0 aliphatic carbocycles. The van der Waals surface area contributed by atoms with Crippen molar-refractivity contribution < 1.29 is 23.8 Å². The summed E-state index contributed by atoms with van der Waals surface area (Å²) in [6.45, 7) is 6.48. The van der Waals surface area contributed by atoms with Crippen molar-refractivity contribution in [3.63, 3.8) is 0 Å². The van der Waals surface area contributed by atoms with E-state index >= 15 is 0 Å². The first-order valence-corrected chi connectivity index (χ1v) is 9.03. The zero-order chi connectivity index (χ0) is 19.2. The van der Waals surface area contributed by atoms with Gasteiger partial charge >= 0.3 is 12.1 Å². The molecule has 0 aromatic heterocycles. The molecule has 2 rings (SSSR count). The molecule has 1 aliphatic heterocycles. The van der Waals surface area contributed by atoms with Crippen LogP contribution in [0.1, 0.15) is 45.6 Å². The van der Waals surface area contributed by atoms with Gasteiger partial charge in [-0.2, -0.15) is 0 Å². The number of carbonyl (C=O) groups excluding carboxylic acids is 2. The quantitative estimate of drug-likeness (QED) is 0.724. The maximum Gasteiger partial charge on any atom is 0.410 e. The second-order valence-corrected chi connectivity index (χ2v) is 7.51. The predicted octanol–water partition coefficient (Wildman–Crippen LogP) is 3.53. The van der Waals surface area contributed by atoms with Crippen molar-refractivity contribution in [3.05, 3.63) is 35.9 Å². The van der Waals surface area contributed by atoms with Crippen LogP contribution in [0.2, 0.25) is 0 Å². The fraction of sp³-hybridized carbons (Fsp3) is 0.600. The van der Waals surface area contributed by atoms with Crippen LogP contribution in [0.3, 0.4) is 0 Å². The van der Waals surface area contributed by atoms with E-state index in [-0.39, 0.29) is 12.1 Å². The van der Waals surface area contributed by atoms with Crippen molar-refractivity contribution in [1.82, 2.24) is 4.90 Å². The number of nitrogens with zero attached hydrogens (tertiary/aromatic N) is 1. The van der Waals surface area contributed by atoms with Crippen LogP contribution >= 0.6 is 0 Å². The van der Waals surface area contributed by atoms with Crippen molar-refractivity contribution in [2.75, 3.05) is 13.7 Å². The SMILES string of the molecule is COC(=O)C(C[C@@H]1CCCN1C(=O)OC(C)(C)C)OCc1ccccc1. The average Bonchev–Trinajstić information content (AvgIpc) is 3.05. The summed E-state index contributed by atoms with van der Waals surface area (Å²) >= 11 is 0. The largest absolute Gasteiger partial charge is 0.467 e. The van der Waals surface area contributed by atoms with Gasteiger partial charge in [-0.25, -0.2) is 9.59 Å². The Morgan fingerprint density at radius 2 is 1.92 bits per heavy atom. The molecular formula is C20H29NO5. The Kier molecular flexibility index (Phi) is 7.03. The van der Waals surface area contributed by atoms with Crippen LogP contribution in [0, 0.1) is 0 Å². The molecule has 1 aromatic carbocycles. The topological polar surface area (TPSA) is 65.1 Å². The van der Waals surface area contributed by atoms with Gasteiger partial charge in [-0.05, 0) is 39.2 Å². The van der Waals surface area contributed by atoms with Gasteiger partial charge in [0.25, 0.3) is 0 Å². The Labute approximate surface area is 155 Å². The number of esters is 1. The Hall–Kier alpha value is -2.08. The lowest BCUT2D eigenvalue weighted by Crippen LogP contribution is -2.42. The van der Waals surface area contributed by atoms with Gasteiger partial charge in [0.1, 0.15) is 5.60 Å². The summed E-state index contributed by atoms with van der Waals surface area (Å²) in [6.07, 6.45) is 1.05. The standard InChI is InChI=1S/C20H29NO5/c1-20(2,3)26-19(23)21-12-8-11-16(21)13-17(18(22)24-4)25-14-15-9-6-5-7-10-15/h5-7,9-10,16-17H,8,11-14H2,1-4H3/t16-,17?/m0/s1. The Morgan fingerprint density at radius 1 is 1.23 bits per heavy atom. The molecule has 1 heterocycles. The van der Waals surface area contributed by atoms with Gasteiger partial charge < -0.3 is 19.1 Å². The zero-order valence-corrected chi connectivity index (χ0v) is 16.1. The molecule has 6 nitrogen and oxygen atoms in total. The molecular weight excluding hydrogens is 334 g/mol. The highest BCUT2D eigenvalue weighted by molar-refractivity contribution is 5.75. The van der Waals surface area contributed by atoms with Crippen LogP contribution in [-0.4, -0.2) is 48.4 Å². The molecule has 144 valence electrons. The molecule has 1 fully saturated rings. The van der Waals surface area contributed by atoms with Gasteiger partial charge in [-0.3, -0.25) is 0 Å². The summed E-state index contributed by atoms with van der Waals surface area (Å²) in [5.41, 5.74) is 0.437. The van der Waals surface area contributed by atoms with Crippen LogP contribution < -0.4 is 0 Å². The van der Waals surface area contributed by atoms with Crippen molar-refractivity contribution in [2.24, 2.45) is 0 Å². The molecule has 1 aromatic rings. The normalized spacial score (nSPS) is 18.5. The highest BCUT2D eigenvalue weighted by Gasteiger charge is 2.35. The third kappa shape index (κ3) is 6.02. The van der Waals surface area contributed by atoms with Crippen LogP contribution in [0.15, 0.2) is 30.3 Å². The Morgan fingerprint density at radius 3 is 2.54 bits per heavy atom. The van der Waals surface area contributed by atoms with Crippen molar-refractivity contribution >= 4 is 12.1 Å². The number of carbonyl (C=O) groups is 2. The number of amides is 1. The molecule has 26 heavy (non-hydrogen) atoms.